The fraction of sp³-hybridized carbons (Fsp3) is 0.227. The smallest absolute Gasteiger partial charge is 0.191 e. The normalized spacial score (nSPS) is 11.0. The fourth-order valence-electron chi connectivity index (χ4n) is 2.89. The molecule has 2 aromatic heterocycles. The van der Waals surface area contributed by atoms with Crippen LogP contribution in [0.5, 0.6) is 5.75 Å². The van der Waals surface area contributed by atoms with E-state index in [0.29, 0.717) is 17.4 Å². The highest BCUT2D eigenvalue weighted by Gasteiger charge is 2.14. The molecule has 4 aromatic rings. The molecule has 30 heavy (non-hydrogen) atoms. The standard InChI is InChI=1S/C22H21ClN4OS2/c1-3-27-20(12-28-19-7-5-4-6-18(19)23)25-26-22(27)30-14-17-13-29-21(24-17)16-10-8-15(2)9-11-16/h4-11,13H,3,12,14H2,1-2H3. The summed E-state index contributed by atoms with van der Waals surface area (Å²) >= 11 is 9.46. The van der Waals surface area contributed by atoms with Crippen molar-refractivity contribution in [3.05, 3.63) is 76.0 Å². The Balaban J connectivity index is 1.40. The minimum atomic E-state index is 0.319. The fourth-order valence-corrected chi connectivity index (χ4v) is 4.93. The summed E-state index contributed by atoms with van der Waals surface area (Å²) in [6, 6.07) is 15.9. The van der Waals surface area contributed by atoms with Crippen molar-refractivity contribution in [3.63, 3.8) is 0 Å². The molecular weight excluding hydrogens is 436 g/mol. The first kappa shape index (κ1) is 20.9. The van der Waals surface area contributed by atoms with Crippen molar-refractivity contribution in [2.45, 2.75) is 37.9 Å². The summed E-state index contributed by atoms with van der Waals surface area (Å²) in [6.45, 7) is 5.25. The van der Waals surface area contributed by atoms with Gasteiger partial charge < -0.3 is 9.30 Å². The van der Waals surface area contributed by atoms with E-state index in [4.69, 9.17) is 21.3 Å². The van der Waals surface area contributed by atoms with Gasteiger partial charge in [0.1, 0.15) is 17.4 Å². The van der Waals surface area contributed by atoms with Crippen LogP contribution < -0.4 is 4.74 Å². The van der Waals surface area contributed by atoms with Crippen molar-refractivity contribution in [1.29, 1.82) is 0 Å². The van der Waals surface area contributed by atoms with Gasteiger partial charge in [-0.25, -0.2) is 4.98 Å². The van der Waals surface area contributed by atoms with Crippen LogP contribution in [0.25, 0.3) is 10.6 Å². The summed E-state index contributed by atoms with van der Waals surface area (Å²) in [5.41, 5.74) is 3.44. The van der Waals surface area contributed by atoms with Crippen LogP contribution >= 0.6 is 34.7 Å². The van der Waals surface area contributed by atoms with Crippen molar-refractivity contribution >= 4 is 34.7 Å². The third kappa shape index (κ3) is 4.86. The number of hydrogen-bond acceptors (Lipinski definition) is 6. The molecule has 154 valence electrons. The highest BCUT2D eigenvalue weighted by molar-refractivity contribution is 7.98. The maximum absolute atomic E-state index is 6.16. The summed E-state index contributed by atoms with van der Waals surface area (Å²) in [5, 5.41) is 13.3. The van der Waals surface area contributed by atoms with E-state index in [1.54, 1.807) is 29.2 Å². The zero-order valence-corrected chi connectivity index (χ0v) is 19.1. The molecule has 0 aliphatic heterocycles. The Kier molecular flexibility index (Phi) is 6.72. The van der Waals surface area contributed by atoms with Gasteiger partial charge in [-0.2, -0.15) is 0 Å². The second-order valence-electron chi connectivity index (χ2n) is 6.66. The third-order valence-corrected chi connectivity index (χ3v) is 6.76. The Morgan fingerprint density at radius 3 is 2.67 bits per heavy atom. The molecule has 2 heterocycles. The van der Waals surface area contributed by atoms with Crippen LogP contribution in [0, 0.1) is 6.92 Å². The Bertz CT molecular complexity index is 1120. The quantitative estimate of drug-likeness (QED) is 0.293. The summed E-state index contributed by atoms with van der Waals surface area (Å²) in [4.78, 5) is 4.77. The Labute approximate surface area is 189 Å². The molecule has 0 unspecified atom stereocenters. The summed E-state index contributed by atoms with van der Waals surface area (Å²) < 4.78 is 7.89. The van der Waals surface area contributed by atoms with Crippen LogP contribution in [0.15, 0.2) is 59.1 Å². The zero-order valence-electron chi connectivity index (χ0n) is 16.7. The van der Waals surface area contributed by atoms with E-state index in [0.717, 1.165) is 39.5 Å². The van der Waals surface area contributed by atoms with Crippen LogP contribution in [0.4, 0.5) is 0 Å². The highest BCUT2D eigenvalue weighted by Crippen LogP contribution is 2.28. The second-order valence-corrected chi connectivity index (χ2v) is 8.87. The summed E-state index contributed by atoms with van der Waals surface area (Å²) in [5.74, 6) is 2.16. The lowest BCUT2D eigenvalue weighted by atomic mass is 10.2. The monoisotopic (exact) mass is 456 g/mol. The Morgan fingerprint density at radius 1 is 1.10 bits per heavy atom. The molecular formula is C22H21ClN4OS2. The van der Waals surface area contributed by atoms with Gasteiger partial charge in [-0.3, -0.25) is 0 Å². The number of hydrogen-bond donors (Lipinski definition) is 0. The number of ether oxygens (including phenoxy) is 1. The average Bonchev–Trinajstić information content (AvgIpc) is 3.39. The van der Waals surface area contributed by atoms with Gasteiger partial charge in [0.05, 0.1) is 10.7 Å². The molecule has 0 fully saturated rings. The number of benzene rings is 2. The molecule has 0 N–H and O–H groups in total. The van der Waals surface area contributed by atoms with Gasteiger partial charge in [-0.1, -0.05) is 65.3 Å². The maximum Gasteiger partial charge on any atom is 0.191 e. The highest BCUT2D eigenvalue weighted by atomic mass is 35.5. The first-order valence-electron chi connectivity index (χ1n) is 9.57. The van der Waals surface area contributed by atoms with Gasteiger partial charge in [0, 0.05) is 23.2 Å². The van der Waals surface area contributed by atoms with Gasteiger partial charge in [0.15, 0.2) is 11.0 Å². The van der Waals surface area contributed by atoms with Crippen molar-refractivity contribution in [3.8, 4) is 16.3 Å². The largest absolute Gasteiger partial charge is 0.484 e. The van der Waals surface area contributed by atoms with E-state index in [1.165, 1.54) is 5.56 Å². The number of halogens is 1. The predicted octanol–water partition coefficient (Wildman–Crippen LogP) is 6.25. The molecule has 5 nitrogen and oxygen atoms in total. The molecule has 0 radical (unpaired) electrons. The van der Waals surface area contributed by atoms with Crippen molar-refractivity contribution in [2.24, 2.45) is 0 Å². The lowest BCUT2D eigenvalue weighted by Crippen LogP contribution is -2.07. The topological polar surface area (TPSA) is 52.8 Å². The van der Waals surface area contributed by atoms with Gasteiger partial charge in [-0.15, -0.1) is 21.5 Å². The van der Waals surface area contributed by atoms with Crippen LogP contribution in [-0.4, -0.2) is 19.7 Å². The van der Waals surface area contributed by atoms with Gasteiger partial charge >= 0.3 is 0 Å². The van der Waals surface area contributed by atoms with E-state index < -0.39 is 0 Å². The number of nitrogens with zero attached hydrogens (tertiary/aromatic N) is 4. The lowest BCUT2D eigenvalue weighted by Gasteiger charge is -2.09. The first-order valence-corrected chi connectivity index (χ1v) is 11.8. The number of aromatic nitrogens is 4. The molecule has 0 spiro atoms. The second kappa shape index (κ2) is 9.64. The SMILES string of the molecule is CCn1c(COc2ccccc2Cl)nnc1SCc1csc(-c2ccc(C)cc2)n1. The van der Waals surface area contributed by atoms with Gasteiger partial charge in [0.25, 0.3) is 0 Å². The minimum Gasteiger partial charge on any atom is -0.484 e. The van der Waals surface area contributed by atoms with E-state index >= 15 is 0 Å². The molecule has 0 aliphatic carbocycles. The van der Waals surface area contributed by atoms with E-state index in [2.05, 4.69) is 58.3 Å². The molecule has 0 amide bonds. The predicted molar refractivity (Wildman–Crippen MR) is 123 cm³/mol. The molecule has 0 atom stereocenters. The van der Waals surface area contributed by atoms with Crippen LogP contribution in [0.2, 0.25) is 5.02 Å². The van der Waals surface area contributed by atoms with Crippen molar-refractivity contribution in [2.75, 3.05) is 0 Å². The first-order chi connectivity index (χ1) is 14.6. The Morgan fingerprint density at radius 2 is 1.90 bits per heavy atom. The van der Waals surface area contributed by atoms with Crippen LogP contribution in [-0.2, 0) is 18.9 Å². The van der Waals surface area contributed by atoms with Gasteiger partial charge in [0.2, 0.25) is 0 Å². The van der Waals surface area contributed by atoms with E-state index in [9.17, 15) is 0 Å². The van der Waals surface area contributed by atoms with Crippen molar-refractivity contribution in [1.82, 2.24) is 19.7 Å². The molecule has 0 saturated carbocycles. The number of aryl methyl sites for hydroxylation is 1. The molecule has 8 heteroatoms. The molecule has 0 bridgehead atoms. The minimum absolute atomic E-state index is 0.319. The molecule has 2 aromatic carbocycles. The molecule has 0 aliphatic rings. The molecule has 4 rings (SSSR count). The molecule has 0 saturated heterocycles. The zero-order chi connectivity index (χ0) is 20.9. The third-order valence-electron chi connectivity index (χ3n) is 4.50. The maximum atomic E-state index is 6.16. The number of para-hydroxylation sites is 1. The average molecular weight is 457 g/mol. The summed E-state index contributed by atoms with van der Waals surface area (Å²) in [7, 11) is 0. The number of thioether (sulfide) groups is 1. The summed E-state index contributed by atoms with van der Waals surface area (Å²) in [6.07, 6.45) is 0. The van der Waals surface area contributed by atoms with Crippen LogP contribution in [0.1, 0.15) is 24.0 Å². The van der Waals surface area contributed by atoms with E-state index in [1.807, 2.05) is 18.2 Å². The lowest BCUT2D eigenvalue weighted by molar-refractivity contribution is 0.288. The van der Waals surface area contributed by atoms with Crippen molar-refractivity contribution < 1.29 is 4.74 Å². The van der Waals surface area contributed by atoms with Gasteiger partial charge in [-0.05, 0) is 26.0 Å². The van der Waals surface area contributed by atoms with E-state index in [-0.39, 0.29) is 0 Å². The number of thiazole rings is 1. The van der Waals surface area contributed by atoms with Crippen LogP contribution in [0.3, 0.4) is 0 Å². The Hall–Kier alpha value is -2.35. The number of rotatable bonds is 8.